The van der Waals surface area contributed by atoms with Gasteiger partial charge in [0.2, 0.25) is 0 Å². The molecule has 1 N–H and O–H groups in total. The van der Waals surface area contributed by atoms with Crippen LogP contribution in [0.15, 0.2) is 42.5 Å². The monoisotopic (exact) mass is 283 g/mol. The van der Waals surface area contributed by atoms with Crippen LogP contribution in [0.2, 0.25) is 0 Å². The van der Waals surface area contributed by atoms with Gasteiger partial charge in [0, 0.05) is 6.04 Å². The van der Waals surface area contributed by atoms with Crippen LogP contribution >= 0.6 is 0 Å². The van der Waals surface area contributed by atoms with E-state index in [-0.39, 0.29) is 0 Å². The molecule has 0 aliphatic carbocycles. The maximum atomic E-state index is 3.67. The van der Waals surface area contributed by atoms with E-state index in [9.17, 15) is 0 Å². The molecule has 0 aromatic heterocycles. The molecule has 2 atom stereocenters. The highest BCUT2D eigenvalue weighted by Gasteiger charge is 2.24. The molecule has 1 nitrogen and oxygen atoms in total. The Morgan fingerprint density at radius 3 is 2.29 bits per heavy atom. The molecule has 2 rings (SSSR count). The van der Waals surface area contributed by atoms with Crippen molar-refractivity contribution in [3.63, 3.8) is 0 Å². The Morgan fingerprint density at radius 2 is 1.67 bits per heavy atom. The highest BCUT2D eigenvalue weighted by Crippen LogP contribution is 2.34. The molecule has 0 amide bonds. The molecule has 2 aromatic rings. The molecular weight excluding hydrogens is 254 g/mol. The zero-order valence-corrected chi connectivity index (χ0v) is 14.1. The van der Waals surface area contributed by atoms with Gasteiger partial charge < -0.3 is 5.32 Å². The molecule has 21 heavy (non-hydrogen) atoms. The summed E-state index contributed by atoms with van der Waals surface area (Å²) in [5, 5.41) is 6.32. The summed E-state index contributed by atoms with van der Waals surface area (Å²) >= 11 is 0. The van der Waals surface area contributed by atoms with Crippen LogP contribution in [0.4, 0.5) is 0 Å². The molecule has 0 aliphatic rings. The second kappa shape index (κ2) is 6.62. The van der Waals surface area contributed by atoms with Crippen LogP contribution in [0, 0.1) is 11.3 Å². The molecule has 0 fully saturated rings. The van der Waals surface area contributed by atoms with E-state index in [0.717, 1.165) is 6.54 Å². The molecule has 0 bridgehead atoms. The Labute approximate surface area is 129 Å². The van der Waals surface area contributed by atoms with Gasteiger partial charge in [-0.2, -0.15) is 0 Å². The van der Waals surface area contributed by atoms with Crippen LogP contribution in [0.1, 0.15) is 52.6 Å². The van der Waals surface area contributed by atoms with Crippen molar-refractivity contribution < 1.29 is 0 Å². The van der Waals surface area contributed by atoms with Crippen molar-refractivity contribution in [3.05, 3.63) is 48.0 Å². The molecule has 0 aliphatic heterocycles. The maximum absolute atomic E-state index is 3.67. The van der Waals surface area contributed by atoms with Crippen LogP contribution < -0.4 is 5.32 Å². The second-order valence-electron chi connectivity index (χ2n) is 7.22. The normalized spacial score (nSPS) is 15.1. The van der Waals surface area contributed by atoms with E-state index in [2.05, 4.69) is 82.4 Å². The first kappa shape index (κ1) is 16.0. The van der Waals surface area contributed by atoms with E-state index in [1.54, 1.807) is 0 Å². The summed E-state index contributed by atoms with van der Waals surface area (Å²) in [6.45, 7) is 12.6. The smallest absolute Gasteiger partial charge is 0.0323 e. The SMILES string of the molecule is CCNC(CC(C)C(C)(C)C)c1ccc2ccccc2c1. The van der Waals surface area contributed by atoms with Crippen molar-refractivity contribution >= 4 is 10.8 Å². The maximum Gasteiger partial charge on any atom is 0.0323 e. The fraction of sp³-hybridized carbons (Fsp3) is 0.500. The number of benzene rings is 2. The first-order valence-corrected chi connectivity index (χ1v) is 8.14. The molecule has 114 valence electrons. The van der Waals surface area contributed by atoms with Crippen molar-refractivity contribution in [1.82, 2.24) is 5.32 Å². The van der Waals surface area contributed by atoms with Crippen LogP contribution in [-0.4, -0.2) is 6.54 Å². The summed E-state index contributed by atoms with van der Waals surface area (Å²) < 4.78 is 0. The highest BCUT2D eigenvalue weighted by atomic mass is 14.9. The largest absolute Gasteiger partial charge is 0.310 e. The lowest BCUT2D eigenvalue weighted by Gasteiger charge is -2.31. The van der Waals surface area contributed by atoms with E-state index in [1.165, 1.54) is 22.8 Å². The minimum absolute atomic E-state index is 0.352. The first-order chi connectivity index (χ1) is 9.91. The summed E-state index contributed by atoms with van der Waals surface area (Å²) in [7, 11) is 0. The van der Waals surface area contributed by atoms with E-state index < -0.39 is 0 Å². The average molecular weight is 283 g/mol. The number of rotatable bonds is 5. The van der Waals surface area contributed by atoms with Gasteiger partial charge in [-0.3, -0.25) is 0 Å². The molecule has 0 heterocycles. The lowest BCUT2D eigenvalue weighted by atomic mass is 9.77. The molecule has 0 spiro atoms. The van der Waals surface area contributed by atoms with E-state index in [4.69, 9.17) is 0 Å². The topological polar surface area (TPSA) is 12.0 Å². The van der Waals surface area contributed by atoms with Crippen molar-refractivity contribution in [1.29, 1.82) is 0 Å². The molecular formula is C20H29N. The Hall–Kier alpha value is -1.34. The van der Waals surface area contributed by atoms with Gasteiger partial charge in [0.1, 0.15) is 0 Å². The van der Waals surface area contributed by atoms with E-state index in [0.29, 0.717) is 17.4 Å². The average Bonchev–Trinajstić information content (AvgIpc) is 2.45. The van der Waals surface area contributed by atoms with Gasteiger partial charge in [0.25, 0.3) is 0 Å². The lowest BCUT2D eigenvalue weighted by molar-refractivity contribution is 0.224. The molecule has 2 unspecified atom stereocenters. The van der Waals surface area contributed by atoms with Crippen LogP contribution in [0.3, 0.4) is 0 Å². The third kappa shape index (κ3) is 4.07. The third-order valence-electron chi connectivity index (χ3n) is 4.69. The zero-order valence-electron chi connectivity index (χ0n) is 14.1. The van der Waals surface area contributed by atoms with Crippen molar-refractivity contribution in [3.8, 4) is 0 Å². The van der Waals surface area contributed by atoms with Gasteiger partial charge in [-0.25, -0.2) is 0 Å². The van der Waals surface area contributed by atoms with Gasteiger partial charge in [-0.15, -0.1) is 0 Å². The number of hydrogen-bond donors (Lipinski definition) is 1. The summed E-state index contributed by atoms with van der Waals surface area (Å²) in [4.78, 5) is 0. The minimum atomic E-state index is 0.352. The number of nitrogens with one attached hydrogen (secondary N) is 1. The molecule has 1 heteroatoms. The fourth-order valence-corrected chi connectivity index (χ4v) is 2.72. The molecule has 0 saturated heterocycles. The predicted molar refractivity (Wildman–Crippen MR) is 93.6 cm³/mol. The van der Waals surface area contributed by atoms with Crippen molar-refractivity contribution in [2.24, 2.45) is 11.3 Å². The molecule has 2 aromatic carbocycles. The Balaban J connectivity index is 2.27. The van der Waals surface area contributed by atoms with Gasteiger partial charge in [0.05, 0.1) is 0 Å². The van der Waals surface area contributed by atoms with E-state index in [1.807, 2.05) is 0 Å². The lowest BCUT2D eigenvalue weighted by Crippen LogP contribution is -2.27. The predicted octanol–water partition coefficient (Wildman–Crippen LogP) is 5.56. The van der Waals surface area contributed by atoms with E-state index >= 15 is 0 Å². The van der Waals surface area contributed by atoms with Crippen molar-refractivity contribution in [2.45, 2.75) is 47.1 Å². The molecule has 0 saturated carbocycles. The van der Waals surface area contributed by atoms with Gasteiger partial charge in [-0.05, 0) is 46.7 Å². The van der Waals surface area contributed by atoms with Gasteiger partial charge >= 0.3 is 0 Å². The number of hydrogen-bond acceptors (Lipinski definition) is 1. The zero-order chi connectivity index (χ0) is 15.5. The minimum Gasteiger partial charge on any atom is -0.310 e. The summed E-state index contributed by atoms with van der Waals surface area (Å²) in [5.74, 6) is 0.674. The van der Waals surface area contributed by atoms with Crippen LogP contribution in [0.5, 0.6) is 0 Å². The summed E-state index contributed by atoms with van der Waals surface area (Å²) in [5.41, 5.74) is 1.76. The third-order valence-corrected chi connectivity index (χ3v) is 4.69. The van der Waals surface area contributed by atoms with Gasteiger partial charge in [-0.1, -0.05) is 71.0 Å². The fourth-order valence-electron chi connectivity index (χ4n) is 2.72. The Morgan fingerprint density at radius 1 is 1.00 bits per heavy atom. The first-order valence-electron chi connectivity index (χ1n) is 8.14. The standard InChI is InChI=1S/C20H29N/c1-6-21-19(13-15(2)20(3,4)5)18-12-11-16-9-7-8-10-17(16)14-18/h7-12,14-15,19,21H,6,13H2,1-5H3. The second-order valence-corrected chi connectivity index (χ2v) is 7.22. The Kier molecular flexibility index (Phi) is 5.05. The summed E-state index contributed by atoms with van der Waals surface area (Å²) in [6.07, 6.45) is 1.18. The highest BCUT2D eigenvalue weighted by molar-refractivity contribution is 5.83. The quantitative estimate of drug-likeness (QED) is 0.757. The Bertz CT molecular complexity index is 580. The van der Waals surface area contributed by atoms with Crippen LogP contribution in [-0.2, 0) is 0 Å². The van der Waals surface area contributed by atoms with Gasteiger partial charge in [0.15, 0.2) is 0 Å². The van der Waals surface area contributed by atoms with Crippen molar-refractivity contribution in [2.75, 3.05) is 6.54 Å². The number of fused-ring (bicyclic) bond motifs is 1. The summed E-state index contributed by atoms with van der Waals surface area (Å²) in [6, 6.07) is 15.9. The molecule has 0 radical (unpaired) electrons. The van der Waals surface area contributed by atoms with Crippen LogP contribution in [0.25, 0.3) is 10.8 Å².